The van der Waals surface area contributed by atoms with Crippen LogP contribution in [0.3, 0.4) is 0 Å². The molecule has 1 aliphatic carbocycles. The molecule has 22 heavy (non-hydrogen) atoms. The van der Waals surface area contributed by atoms with Crippen molar-refractivity contribution in [2.24, 2.45) is 11.8 Å². The maximum Gasteiger partial charge on any atom is 1.00 e. The molecule has 4 heteroatoms. The standard InChI is InChI=1S/C18H34O3.Na.H/c1-2-3-4-7-10-15-13-14-17(19)16(15)11-8-5-6-9-12-18(20)21;;/h15-17,19H,2-14H2,1H3,(H,20,21);;/q;+1;-1/t15-,16+,17?;;/m0../s1. The Labute approximate surface area is 160 Å². The maximum absolute atomic E-state index is 10.4. The molecule has 0 bridgehead atoms. The second kappa shape index (κ2) is 13.8. The number of hydrogen-bond donors (Lipinski definition) is 2. The quantitative estimate of drug-likeness (QED) is 0.426. The number of rotatable bonds is 12. The Balaban J connectivity index is 0. The van der Waals surface area contributed by atoms with Crippen LogP contribution < -0.4 is 29.6 Å². The van der Waals surface area contributed by atoms with Gasteiger partial charge < -0.3 is 11.6 Å². The summed E-state index contributed by atoms with van der Waals surface area (Å²) in [6.45, 7) is 2.24. The van der Waals surface area contributed by atoms with Crippen molar-refractivity contribution in [3.8, 4) is 0 Å². The van der Waals surface area contributed by atoms with Gasteiger partial charge in [-0.2, -0.15) is 0 Å². The monoisotopic (exact) mass is 322 g/mol. The van der Waals surface area contributed by atoms with Gasteiger partial charge in [-0.25, -0.2) is 0 Å². The van der Waals surface area contributed by atoms with Crippen LogP contribution in [0.15, 0.2) is 0 Å². The van der Waals surface area contributed by atoms with Crippen LogP contribution in [0.2, 0.25) is 0 Å². The van der Waals surface area contributed by atoms with Crippen LogP contribution in [0.5, 0.6) is 0 Å². The Hall–Kier alpha value is 0.430. The van der Waals surface area contributed by atoms with Crippen molar-refractivity contribution >= 4 is 5.97 Å². The minimum absolute atomic E-state index is 0. The van der Waals surface area contributed by atoms with Gasteiger partial charge in [-0.05, 0) is 37.5 Å². The minimum atomic E-state index is -0.687. The van der Waals surface area contributed by atoms with Crippen molar-refractivity contribution in [1.29, 1.82) is 0 Å². The third-order valence-corrected chi connectivity index (χ3v) is 5.04. The average Bonchev–Trinajstić information content (AvgIpc) is 2.79. The first kappa shape index (κ1) is 22.4. The molecule has 3 nitrogen and oxygen atoms in total. The van der Waals surface area contributed by atoms with Crippen LogP contribution in [0, 0.1) is 11.8 Å². The van der Waals surface area contributed by atoms with Gasteiger partial charge in [-0.15, -0.1) is 0 Å². The predicted octanol–water partition coefficient (Wildman–Crippen LogP) is 1.89. The maximum atomic E-state index is 10.4. The minimum Gasteiger partial charge on any atom is -1.00 e. The zero-order valence-electron chi connectivity index (χ0n) is 15.7. The van der Waals surface area contributed by atoms with E-state index in [9.17, 15) is 9.90 Å². The first-order valence-corrected chi connectivity index (χ1v) is 9.05. The first-order chi connectivity index (χ1) is 10.1. The van der Waals surface area contributed by atoms with Crippen LogP contribution in [0.4, 0.5) is 0 Å². The van der Waals surface area contributed by atoms with Gasteiger partial charge in [-0.3, -0.25) is 4.79 Å². The fraction of sp³-hybridized carbons (Fsp3) is 0.944. The SMILES string of the molecule is CCCCCC[C@H]1CCC(O)[C@@H]1CCCCCCC(=O)O.[H-].[Na+]. The summed E-state index contributed by atoms with van der Waals surface area (Å²) < 4.78 is 0. The third kappa shape index (κ3) is 9.54. The molecule has 1 unspecified atom stereocenters. The molecule has 0 saturated heterocycles. The van der Waals surface area contributed by atoms with Crippen LogP contribution in [0.25, 0.3) is 0 Å². The van der Waals surface area contributed by atoms with Gasteiger partial charge in [0.1, 0.15) is 0 Å². The molecule has 1 aliphatic rings. The molecule has 1 fully saturated rings. The average molecular weight is 322 g/mol. The van der Waals surface area contributed by atoms with Crippen molar-refractivity contribution in [2.45, 2.75) is 96.5 Å². The molecular formula is C18H35NaO3. The second-order valence-corrected chi connectivity index (χ2v) is 6.76. The van der Waals surface area contributed by atoms with E-state index in [1.807, 2.05) is 0 Å². The second-order valence-electron chi connectivity index (χ2n) is 6.76. The number of unbranched alkanes of at least 4 members (excludes halogenated alkanes) is 6. The van der Waals surface area contributed by atoms with E-state index >= 15 is 0 Å². The van der Waals surface area contributed by atoms with E-state index in [0.717, 1.165) is 44.4 Å². The summed E-state index contributed by atoms with van der Waals surface area (Å²) in [7, 11) is 0. The molecule has 0 aromatic heterocycles. The molecule has 0 aromatic rings. The number of carboxylic acids is 1. The molecule has 0 radical (unpaired) electrons. The molecule has 1 rings (SSSR count). The molecule has 1 saturated carbocycles. The smallest absolute Gasteiger partial charge is 1.00 e. The first-order valence-electron chi connectivity index (χ1n) is 9.05. The summed E-state index contributed by atoms with van der Waals surface area (Å²) in [6.07, 6.45) is 14.2. The normalized spacial score (nSPS) is 24.2. The molecule has 3 atom stereocenters. The van der Waals surface area contributed by atoms with E-state index in [1.54, 1.807) is 0 Å². The largest absolute Gasteiger partial charge is 1.00 e. The summed E-state index contributed by atoms with van der Waals surface area (Å²) in [5.74, 6) is 0.551. The molecule has 0 aromatic carbocycles. The van der Waals surface area contributed by atoms with Crippen LogP contribution in [-0.2, 0) is 4.79 Å². The fourth-order valence-electron chi connectivity index (χ4n) is 3.76. The van der Waals surface area contributed by atoms with Gasteiger partial charge in [0.15, 0.2) is 0 Å². The zero-order chi connectivity index (χ0) is 15.5. The summed E-state index contributed by atoms with van der Waals surface area (Å²) in [5, 5.41) is 18.8. The van der Waals surface area contributed by atoms with E-state index < -0.39 is 5.97 Å². The van der Waals surface area contributed by atoms with Gasteiger partial charge in [0.25, 0.3) is 0 Å². The van der Waals surface area contributed by atoms with E-state index in [1.165, 1.54) is 38.5 Å². The van der Waals surface area contributed by atoms with Crippen molar-refractivity contribution in [3.63, 3.8) is 0 Å². The van der Waals surface area contributed by atoms with E-state index in [4.69, 9.17) is 5.11 Å². The zero-order valence-corrected chi connectivity index (χ0v) is 16.7. The number of carbonyl (C=O) groups is 1. The van der Waals surface area contributed by atoms with Crippen LogP contribution in [0.1, 0.15) is 91.8 Å². The molecule has 0 heterocycles. The predicted molar refractivity (Wildman–Crippen MR) is 87.4 cm³/mol. The van der Waals surface area contributed by atoms with Crippen LogP contribution in [-0.4, -0.2) is 22.3 Å². The van der Waals surface area contributed by atoms with Crippen molar-refractivity contribution in [1.82, 2.24) is 0 Å². The number of aliphatic hydroxyl groups excluding tert-OH is 1. The molecule has 2 N–H and O–H groups in total. The Bertz CT molecular complexity index is 289. The third-order valence-electron chi connectivity index (χ3n) is 5.04. The number of aliphatic carboxylic acids is 1. The van der Waals surface area contributed by atoms with E-state index in [0.29, 0.717) is 12.3 Å². The van der Waals surface area contributed by atoms with Crippen molar-refractivity contribution in [2.75, 3.05) is 0 Å². The Kier molecular flexibility index (Phi) is 14.1. The summed E-state index contributed by atoms with van der Waals surface area (Å²) in [6, 6.07) is 0. The van der Waals surface area contributed by atoms with Crippen molar-refractivity contribution < 1.29 is 46.0 Å². The summed E-state index contributed by atoms with van der Waals surface area (Å²) in [4.78, 5) is 10.4. The summed E-state index contributed by atoms with van der Waals surface area (Å²) >= 11 is 0. The van der Waals surface area contributed by atoms with Gasteiger partial charge in [0.05, 0.1) is 6.10 Å². The van der Waals surface area contributed by atoms with Gasteiger partial charge in [-0.1, -0.05) is 58.3 Å². The van der Waals surface area contributed by atoms with Crippen molar-refractivity contribution in [3.05, 3.63) is 0 Å². The van der Waals surface area contributed by atoms with E-state index in [-0.39, 0.29) is 37.1 Å². The molecular weight excluding hydrogens is 287 g/mol. The van der Waals surface area contributed by atoms with Gasteiger partial charge in [0.2, 0.25) is 0 Å². The Morgan fingerprint density at radius 3 is 2.32 bits per heavy atom. The molecule has 0 aliphatic heterocycles. The number of aliphatic hydroxyl groups is 1. The topological polar surface area (TPSA) is 57.5 Å². The molecule has 126 valence electrons. The summed E-state index contributed by atoms with van der Waals surface area (Å²) in [5.41, 5.74) is 0. The van der Waals surface area contributed by atoms with Gasteiger partial charge >= 0.3 is 35.5 Å². The Morgan fingerprint density at radius 2 is 1.64 bits per heavy atom. The van der Waals surface area contributed by atoms with E-state index in [2.05, 4.69) is 6.92 Å². The number of hydrogen-bond acceptors (Lipinski definition) is 2. The Morgan fingerprint density at radius 1 is 1.00 bits per heavy atom. The molecule has 0 spiro atoms. The number of carboxylic acid groups (broad SMARTS) is 1. The molecule has 0 amide bonds. The van der Waals surface area contributed by atoms with Gasteiger partial charge in [0, 0.05) is 6.42 Å². The fourth-order valence-corrected chi connectivity index (χ4v) is 3.76. The van der Waals surface area contributed by atoms with Crippen LogP contribution >= 0.6 is 0 Å².